The zero-order valence-electron chi connectivity index (χ0n) is 58.9. The molecule has 8 nitrogen and oxygen atoms in total. The highest BCUT2D eigenvalue weighted by molar-refractivity contribution is 4.51. The lowest BCUT2D eigenvalue weighted by Gasteiger charge is -2.23. The van der Waals surface area contributed by atoms with Crippen LogP contribution in [0.4, 0.5) is 0 Å². The molecule has 0 aliphatic rings. The second kappa shape index (κ2) is 67.4. The topological polar surface area (TPSA) is 0 Å². The Kier molecular flexibility index (Phi) is 95.2. The number of hydrogen-bond acceptors (Lipinski definition) is 0. The summed E-state index contributed by atoms with van der Waals surface area (Å²) in [6.07, 6.45) is 45.6. The van der Waals surface area contributed by atoms with E-state index in [1.54, 1.807) is 0 Å². The number of quaternary nitrogens is 8. The molecule has 0 atom stereocenters. The fourth-order valence-electron chi connectivity index (χ4n) is 8.93. The zero-order valence-corrected chi connectivity index (χ0v) is 76.1. The van der Waals surface area contributed by atoms with Crippen molar-refractivity contribution in [1.29, 1.82) is 0 Å². The second-order valence-electron chi connectivity index (χ2n) is 31.4. The fraction of sp³-hybridized carbons (Fsp3) is 1.00. The Morgan fingerprint density at radius 1 is 0.100 bits per heavy atom. The first-order valence-corrected chi connectivity index (χ1v) is 31.3. The Morgan fingerprint density at radius 3 is 0.200 bits per heavy atom. The highest BCUT2D eigenvalue weighted by Crippen LogP contribution is 2.14. The van der Waals surface area contributed by atoms with Crippen LogP contribution in [-0.4, -0.2) is 257 Å². The van der Waals surface area contributed by atoms with E-state index in [0.717, 1.165) is 35.9 Å². The predicted octanol–water partition coefficient (Wildman–Crippen LogP) is -9.89. The van der Waals surface area contributed by atoms with Gasteiger partial charge < -0.3 is 228 Å². The minimum Gasteiger partial charge on any atom is -1.00 e. The summed E-state index contributed by atoms with van der Waals surface area (Å²) in [5.41, 5.74) is 0. The lowest BCUT2D eigenvalue weighted by Crippen LogP contribution is -3.00. The molecular formula is C64H152I8N8. The molecule has 0 rings (SSSR count). The Bertz CT molecular complexity index is 871. The molecule has 0 saturated heterocycles. The van der Waals surface area contributed by atoms with Crippen LogP contribution in [-0.2, 0) is 0 Å². The van der Waals surface area contributed by atoms with E-state index in [1.165, 1.54) is 258 Å². The minimum absolute atomic E-state index is 0. The molecule has 504 valence electrons. The minimum atomic E-state index is 0. The van der Waals surface area contributed by atoms with Crippen LogP contribution in [0, 0.1) is 0 Å². The molecule has 0 radical (unpaired) electrons. The molecule has 0 fully saturated rings. The van der Waals surface area contributed by atoms with Gasteiger partial charge in [-0.2, -0.15) is 0 Å². The predicted molar refractivity (Wildman–Crippen MR) is 331 cm³/mol. The Morgan fingerprint density at radius 2 is 0.150 bits per heavy atom. The van der Waals surface area contributed by atoms with Gasteiger partial charge >= 0.3 is 0 Å². The number of rotatable bonds is 44. The summed E-state index contributed by atoms with van der Waals surface area (Å²) < 4.78 is 8.93. The van der Waals surface area contributed by atoms with Crippen molar-refractivity contribution in [2.75, 3.05) is 222 Å². The van der Waals surface area contributed by atoms with Crippen molar-refractivity contribution in [1.82, 2.24) is 0 Å². The van der Waals surface area contributed by atoms with Gasteiger partial charge in [-0.1, -0.05) is 103 Å². The van der Waals surface area contributed by atoms with Crippen molar-refractivity contribution >= 4 is 0 Å². The van der Waals surface area contributed by atoms with Crippen molar-refractivity contribution in [3.63, 3.8) is 0 Å². The molecule has 0 amide bonds. The van der Waals surface area contributed by atoms with E-state index in [9.17, 15) is 0 Å². The van der Waals surface area contributed by atoms with E-state index in [1.807, 2.05) is 0 Å². The molecule has 0 aromatic carbocycles. The number of nitrogens with zero attached hydrogens (tertiary/aromatic N) is 8. The summed E-state index contributed by atoms with van der Waals surface area (Å²) in [7, 11) is 54.9. The van der Waals surface area contributed by atoms with Gasteiger partial charge in [-0.3, -0.25) is 0 Å². The van der Waals surface area contributed by atoms with Crippen molar-refractivity contribution < 1.29 is 228 Å². The summed E-state index contributed by atoms with van der Waals surface area (Å²) in [5.74, 6) is 0. The smallest absolute Gasteiger partial charge is 0.0780 e. The lowest BCUT2D eigenvalue weighted by molar-refractivity contribution is -0.870. The summed E-state index contributed by atoms with van der Waals surface area (Å²) in [4.78, 5) is 0. The average Bonchev–Trinajstić information content (AvgIpc) is 3.18. The van der Waals surface area contributed by atoms with Gasteiger partial charge in [0, 0.05) is 0 Å². The van der Waals surface area contributed by atoms with Gasteiger partial charge in [-0.15, -0.1) is 0 Å². The maximum Gasteiger partial charge on any atom is 0.0780 e. The molecule has 0 bridgehead atoms. The van der Waals surface area contributed by atoms with Gasteiger partial charge in [-0.25, -0.2) is 0 Å². The second-order valence-corrected chi connectivity index (χ2v) is 31.4. The van der Waals surface area contributed by atoms with E-state index < -0.39 is 0 Å². The molecule has 0 aromatic heterocycles. The van der Waals surface area contributed by atoms with Crippen molar-refractivity contribution in [2.45, 2.75) is 205 Å². The molecule has 16 heteroatoms. The quantitative estimate of drug-likeness (QED) is 0.0324. The standard InChI is InChI=1S/4C16H38N2.8HI/c4*1-17(2,3)15-13-11-9-7-8-10-12-14-16-18(4,5)6;;;;;;;;/h4*7-16H2,1-6H3;8*1H/q4*+2;;;;;;;;/p-8. The molecule has 0 aliphatic carbocycles. The van der Waals surface area contributed by atoms with Crippen LogP contribution in [0.2, 0.25) is 0 Å². The van der Waals surface area contributed by atoms with Crippen LogP contribution < -0.4 is 192 Å². The fourth-order valence-corrected chi connectivity index (χ4v) is 8.93. The summed E-state index contributed by atoms with van der Waals surface area (Å²) in [6, 6.07) is 0. The van der Waals surface area contributed by atoms with Crippen LogP contribution in [0.15, 0.2) is 0 Å². The number of unbranched alkanes of at least 4 members (excludes halogenated alkanes) is 28. The lowest BCUT2D eigenvalue weighted by atomic mass is 10.1. The third-order valence-corrected chi connectivity index (χ3v) is 13.6. The average molecular weight is 2050 g/mol. The summed E-state index contributed by atoms with van der Waals surface area (Å²) >= 11 is 0. The molecule has 0 aromatic rings. The highest BCUT2D eigenvalue weighted by Gasteiger charge is 2.11. The molecule has 80 heavy (non-hydrogen) atoms. The summed E-state index contributed by atoms with van der Waals surface area (Å²) in [5, 5.41) is 0. The maximum atomic E-state index is 2.29. The van der Waals surface area contributed by atoms with Gasteiger partial charge in [-0.05, 0) is 103 Å². The monoisotopic (exact) mass is 2050 g/mol. The van der Waals surface area contributed by atoms with E-state index >= 15 is 0 Å². The molecular weight excluding hydrogens is 1900 g/mol. The van der Waals surface area contributed by atoms with Crippen molar-refractivity contribution in [3.8, 4) is 0 Å². The van der Waals surface area contributed by atoms with Gasteiger partial charge in [0.2, 0.25) is 0 Å². The van der Waals surface area contributed by atoms with Crippen LogP contribution in [0.3, 0.4) is 0 Å². The molecule has 0 heterocycles. The zero-order chi connectivity index (χ0) is 56.3. The first kappa shape index (κ1) is 113. The third-order valence-electron chi connectivity index (χ3n) is 13.6. The van der Waals surface area contributed by atoms with Gasteiger partial charge in [0.15, 0.2) is 0 Å². The van der Waals surface area contributed by atoms with Gasteiger partial charge in [0.1, 0.15) is 0 Å². The first-order chi connectivity index (χ1) is 32.8. The van der Waals surface area contributed by atoms with E-state index in [0.29, 0.717) is 0 Å². The molecule has 0 saturated carbocycles. The van der Waals surface area contributed by atoms with Crippen LogP contribution >= 0.6 is 0 Å². The van der Waals surface area contributed by atoms with E-state index in [2.05, 4.69) is 169 Å². The third kappa shape index (κ3) is 132. The van der Waals surface area contributed by atoms with E-state index in [-0.39, 0.29) is 192 Å². The molecule has 0 unspecified atom stereocenters. The van der Waals surface area contributed by atoms with Crippen molar-refractivity contribution in [3.05, 3.63) is 0 Å². The Hall–Kier alpha value is 5.52. The van der Waals surface area contributed by atoms with E-state index in [4.69, 9.17) is 0 Å². The van der Waals surface area contributed by atoms with Gasteiger partial charge in [0.25, 0.3) is 0 Å². The van der Waals surface area contributed by atoms with Crippen LogP contribution in [0.25, 0.3) is 0 Å². The first-order valence-electron chi connectivity index (χ1n) is 31.3. The largest absolute Gasteiger partial charge is 1.00 e. The van der Waals surface area contributed by atoms with Gasteiger partial charge in [0.05, 0.1) is 222 Å². The Balaban J connectivity index is -0.0000000746. The van der Waals surface area contributed by atoms with Crippen LogP contribution in [0.1, 0.15) is 205 Å². The molecule has 0 aliphatic heterocycles. The number of halogens is 8. The SMILES string of the molecule is C[N+](C)(C)CCCCCCCCCC[N+](C)(C)C.C[N+](C)(C)CCCCCCCCCC[N+](C)(C)C.C[N+](C)(C)CCCCCCCCCC[N+](C)(C)C.C[N+](C)(C)CCCCCCCCCC[N+](C)(C)C.[I-].[I-].[I-].[I-].[I-].[I-].[I-].[I-]. The highest BCUT2D eigenvalue weighted by atomic mass is 127. The molecule has 0 spiro atoms. The normalized spacial score (nSPS) is 11.7. The van der Waals surface area contributed by atoms with Crippen LogP contribution in [0.5, 0.6) is 0 Å². The maximum absolute atomic E-state index is 2.29. The van der Waals surface area contributed by atoms with Crippen molar-refractivity contribution in [2.24, 2.45) is 0 Å². The molecule has 0 N–H and O–H groups in total. The number of hydrogen-bond donors (Lipinski definition) is 0. The summed E-state index contributed by atoms with van der Waals surface area (Å²) in [6.45, 7) is 10.6. The Labute approximate surface area is 646 Å².